The van der Waals surface area contributed by atoms with Crippen LogP contribution in [0.5, 0.6) is 0 Å². The third-order valence-corrected chi connectivity index (χ3v) is 9.55. The van der Waals surface area contributed by atoms with Gasteiger partial charge in [0.25, 0.3) is 0 Å². The number of aryl methyl sites for hydroxylation is 1. The Bertz CT molecular complexity index is 1090. The highest BCUT2D eigenvalue weighted by atomic mass is 32.2. The molecule has 4 N–H and O–H groups in total. The fraction of sp³-hybridized carbons (Fsp3) is 0.692. The van der Waals surface area contributed by atoms with Crippen molar-refractivity contribution in [3.63, 3.8) is 0 Å². The first kappa shape index (κ1) is 27.4. The number of rotatable bonds is 8. The maximum atomic E-state index is 12.5. The van der Waals surface area contributed by atoms with Crippen LogP contribution in [0, 0.1) is 16.7 Å². The maximum absolute atomic E-state index is 12.5. The van der Waals surface area contributed by atoms with E-state index in [-0.39, 0.29) is 41.6 Å². The van der Waals surface area contributed by atoms with Crippen LogP contribution in [-0.2, 0) is 16.7 Å². The number of alkyl halides is 3. The van der Waals surface area contributed by atoms with Crippen molar-refractivity contribution >= 4 is 16.0 Å². The molecule has 0 spiro atoms. The molecular formula is C26H36F3NO5S. The predicted octanol–water partition coefficient (Wildman–Crippen LogP) is 5.53. The Morgan fingerprint density at radius 3 is 2.64 bits per heavy atom. The Hall–Kier alpha value is -1.62. The Morgan fingerprint density at radius 2 is 1.94 bits per heavy atom. The highest BCUT2D eigenvalue weighted by Gasteiger charge is 2.60. The zero-order chi connectivity index (χ0) is 26.4. The van der Waals surface area contributed by atoms with Crippen molar-refractivity contribution in [2.75, 3.05) is 4.72 Å². The Labute approximate surface area is 210 Å². The minimum atomic E-state index is -4.58. The lowest BCUT2D eigenvalue weighted by molar-refractivity contribution is -0.205. The summed E-state index contributed by atoms with van der Waals surface area (Å²) < 4.78 is 71.4. The normalized spacial score (nSPS) is 33.1. The fourth-order valence-corrected chi connectivity index (χ4v) is 7.73. The molecule has 3 aliphatic rings. The van der Waals surface area contributed by atoms with Gasteiger partial charge in [-0.2, -0.15) is 21.6 Å². The molecule has 6 atom stereocenters. The van der Waals surface area contributed by atoms with Crippen molar-refractivity contribution in [2.45, 2.75) is 95.4 Å². The first-order chi connectivity index (χ1) is 16.8. The highest BCUT2D eigenvalue weighted by molar-refractivity contribution is 7.87. The molecule has 0 heterocycles. The summed E-state index contributed by atoms with van der Waals surface area (Å²) in [6, 6.07) is 5.37. The van der Waals surface area contributed by atoms with E-state index >= 15 is 0 Å². The fourth-order valence-electron chi connectivity index (χ4n) is 7.31. The van der Waals surface area contributed by atoms with E-state index in [1.54, 1.807) is 12.1 Å². The van der Waals surface area contributed by atoms with Crippen LogP contribution in [0.3, 0.4) is 0 Å². The van der Waals surface area contributed by atoms with Crippen LogP contribution in [0.15, 0.2) is 30.4 Å². The summed E-state index contributed by atoms with van der Waals surface area (Å²) in [5, 5.41) is 20.1. The summed E-state index contributed by atoms with van der Waals surface area (Å²) in [6.07, 6.45) is 3.25. The van der Waals surface area contributed by atoms with E-state index in [1.807, 2.05) is 6.07 Å². The molecule has 1 aromatic carbocycles. The van der Waals surface area contributed by atoms with E-state index in [9.17, 15) is 31.8 Å². The molecule has 36 heavy (non-hydrogen) atoms. The summed E-state index contributed by atoms with van der Waals surface area (Å²) in [7, 11) is -4.37. The zero-order valence-corrected chi connectivity index (χ0v) is 21.3. The molecular weight excluding hydrogens is 495 g/mol. The van der Waals surface area contributed by atoms with Crippen LogP contribution in [0.1, 0.15) is 81.8 Å². The summed E-state index contributed by atoms with van der Waals surface area (Å²) >= 11 is 0. The third-order valence-electron chi connectivity index (χ3n) is 9.05. The van der Waals surface area contributed by atoms with Gasteiger partial charge >= 0.3 is 16.5 Å². The molecule has 202 valence electrons. The molecule has 2 fully saturated rings. The van der Waals surface area contributed by atoms with E-state index in [0.29, 0.717) is 18.5 Å². The highest BCUT2D eigenvalue weighted by Crippen LogP contribution is 2.67. The van der Waals surface area contributed by atoms with Crippen molar-refractivity contribution in [2.24, 2.45) is 16.7 Å². The number of hydrogen-bond donors (Lipinski definition) is 4. The van der Waals surface area contributed by atoms with E-state index in [0.717, 1.165) is 49.7 Å². The number of aliphatic hydroxyl groups is 2. The van der Waals surface area contributed by atoms with Gasteiger partial charge in [-0.1, -0.05) is 31.6 Å². The van der Waals surface area contributed by atoms with E-state index in [2.05, 4.69) is 23.8 Å². The molecule has 0 radical (unpaired) electrons. The van der Waals surface area contributed by atoms with Gasteiger partial charge in [0, 0.05) is 0 Å². The summed E-state index contributed by atoms with van der Waals surface area (Å²) in [5.41, 5.74) is 2.13. The molecule has 0 bridgehead atoms. The standard InChI is InChI=1S/C26H36F3NO5S/c1-24-14-12-20-19-8-7-18(30-36(33,34)35)16-17(19)11-15-25(20,21(24)9-10-22(24)31)13-5-3-2-4-6-23(32)26(27,28)29/h5,7-8,13,16,20-23,30-32H,2-4,6,9-12,14-15H2,1H3,(H,33,34,35)/t20?,21?,22-,23-,24-,25?/m0/s1. The molecule has 4 rings (SSSR count). The largest absolute Gasteiger partial charge is 0.414 e. The number of allylic oxidation sites excluding steroid dienone is 2. The number of halogens is 3. The summed E-state index contributed by atoms with van der Waals surface area (Å²) in [4.78, 5) is 0. The van der Waals surface area contributed by atoms with Crippen molar-refractivity contribution in [3.8, 4) is 0 Å². The quantitative estimate of drug-likeness (QED) is 0.201. The first-order valence-corrected chi connectivity index (χ1v) is 14.2. The van der Waals surface area contributed by atoms with Crippen LogP contribution in [0.2, 0.25) is 0 Å². The topological polar surface area (TPSA) is 107 Å². The average molecular weight is 532 g/mol. The van der Waals surface area contributed by atoms with Gasteiger partial charge in [0.05, 0.1) is 11.8 Å². The number of unbranched alkanes of at least 4 members (excludes halogenated alkanes) is 2. The van der Waals surface area contributed by atoms with Crippen molar-refractivity contribution in [1.82, 2.24) is 0 Å². The van der Waals surface area contributed by atoms with Crippen LogP contribution in [0.4, 0.5) is 18.9 Å². The Balaban J connectivity index is 1.56. The third kappa shape index (κ3) is 5.33. The molecule has 2 saturated carbocycles. The van der Waals surface area contributed by atoms with E-state index in [1.165, 1.54) is 0 Å². The van der Waals surface area contributed by atoms with Crippen molar-refractivity contribution in [3.05, 3.63) is 41.5 Å². The molecule has 0 saturated heterocycles. The SMILES string of the molecule is C[C@]12CCC3c4ccc(NS(=O)(=O)O)cc4CCC3(C=CCCCC[C@H](O)C(F)(F)F)C1CC[C@@H]2O. The van der Waals surface area contributed by atoms with Crippen LogP contribution >= 0.6 is 0 Å². The van der Waals surface area contributed by atoms with E-state index in [4.69, 9.17) is 4.55 Å². The molecule has 0 amide bonds. The van der Waals surface area contributed by atoms with Gasteiger partial charge in [0.15, 0.2) is 0 Å². The van der Waals surface area contributed by atoms with Gasteiger partial charge in [-0.15, -0.1) is 0 Å². The minimum absolute atomic E-state index is 0.188. The summed E-state index contributed by atoms with van der Waals surface area (Å²) in [6.45, 7) is 2.17. The van der Waals surface area contributed by atoms with Crippen molar-refractivity contribution in [1.29, 1.82) is 0 Å². The first-order valence-electron chi connectivity index (χ1n) is 12.7. The molecule has 0 aromatic heterocycles. The second-order valence-corrected chi connectivity index (χ2v) is 12.2. The average Bonchev–Trinajstić information content (AvgIpc) is 3.09. The van der Waals surface area contributed by atoms with Gasteiger partial charge in [-0.05, 0) is 104 Å². The number of aliphatic hydroxyl groups excluding tert-OH is 2. The van der Waals surface area contributed by atoms with E-state index < -0.39 is 22.6 Å². The van der Waals surface area contributed by atoms with Gasteiger partial charge in [0.2, 0.25) is 0 Å². The lowest BCUT2D eigenvalue weighted by Gasteiger charge is -2.57. The number of hydrogen-bond acceptors (Lipinski definition) is 4. The van der Waals surface area contributed by atoms with Crippen LogP contribution < -0.4 is 4.72 Å². The molecule has 10 heteroatoms. The second kappa shape index (κ2) is 9.93. The Morgan fingerprint density at radius 1 is 1.19 bits per heavy atom. The molecule has 3 unspecified atom stereocenters. The molecule has 3 aliphatic carbocycles. The number of anilines is 1. The molecule has 1 aromatic rings. The number of nitrogens with one attached hydrogen (secondary N) is 1. The van der Waals surface area contributed by atoms with Gasteiger partial charge in [0.1, 0.15) is 6.10 Å². The Kier molecular flexibility index (Phi) is 7.56. The lowest BCUT2D eigenvalue weighted by Crippen LogP contribution is -2.50. The second-order valence-electron chi connectivity index (χ2n) is 11.1. The zero-order valence-electron chi connectivity index (χ0n) is 20.5. The van der Waals surface area contributed by atoms with Crippen LogP contribution in [-0.4, -0.2) is 41.6 Å². The predicted molar refractivity (Wildman–Crippen MR) is 131 cm³/mol. The monoisotopic (exact) mass is 531 g/mol. The maximum Gasteiger partial charge on any atom is 0.414 e. The number of fused-ring (bicyclic) bond motifs is 5. The smallest absolute Gasteiger partial charge is 0.393 e. The van der Waals surface area contributed by atoms with Gasteiger partial charge in [-0.25, -0.2) is 0 Å². The van der Waals surface area contributed by atoms with Crippen LogP contribution in [0.25, 0.3) is 0 Å². The number of benzene rings is 1. The summed E-state index contributed by atoms with van der Waals surface area (Å²) in [5.74, 6) is 0.457. The van der Waals surface area contributed by atoms with Crippen molar-refractivity contribution < 1.29 is 36.4 Å². The molecule has 0 aliphatic heterocycles. The van der Waals surface area contributed by atoms with Gasteiger partial charge in [-0.3, -0.25) is 9.27 Å². The van der Waals surface area contributed by atoms with Gasteiger partial charge < -0.3 is 10.2 Å². The minimum Gasteiger partial charge on any atom is -0.393 e. The molecule has 6 nitrogen and oxygen atoms in total. The lowest BCUT2D eigenvalue weighted by atomic mass is 9.47.